The van der Waals surface area contributed by atoms with Crippen LogP contribution in [0.4, 0.5) is 0 Å². The van der Waals surface area contributed by atoms with Crippen molar-refractivity contribution in [2.24, 2.45) is 0 Å². The summed E-state index contributed by atoms with van der Waals surface area (Å²) >= 11 is 0. The first-order valence-electron chi connectivity index (χ1n) is 7.63. The third-order valence-electron chi connectivity index (χ3n) is 3.80. The summed E-state index contributed by atoms with van der Waals surface area (Å²) in [6.07, 6.45) is 0.587. The molecule has 23 heavy (non-hydrogen) atoms. The second-order valence-electron chi connectivity index (χ2n) is 5.34. The third kappa shape index (κ3) is 3.01. The van der Waals surface area contributed by atoms with Crippen molar-refractivity contribution in [2.45, 2.75) is 19.9 Å². The summed E-state index contributed by atoms with van der Waals surface area (Å²) in [5.74, 6) is -0.931. The van der Waals surface area contributed by atoms with Crippen molar-refractivity contribution >= 4 is 5.97 Å². The molecule has 0 aliphatic heterocycles. The molecule has 4 nitrogen and oxygen atoms in total. The van der Waals surface area contributed by atoms with Crippen molar-refractivity contribution in [2.75, 3.05) is 0 Å². The zero-order chi connectivity index (χ0) is 16.2. The lowest BCUT2D eigenvalue weighted by atomic mass is 10.0. The van der Waals surface area contributed by atoms with E-state index in [-0.39, 0.29) is 0 Å². The first-order valence-corrected chi connectivity index (χ1v) is 7.63. The summed E-state index contributed by atoms with van der Waals surface area (Å²) in [7, 11) is 0. The number of carboxylic acids is 1. The van der Waals surface area contributed by atoms with E-state index >= 15 is 0 Å². The molecule has 1 heterocycles. The molecule has 0 fully saturated rings. The molecule has 4 heteroatoms. The second-order valence-corrected chi connectivity index (χ2v) is 5.34. The Kier molecular flexibility index (Phi) is 4.24. The molecule has 0 amide bonds. The van der Waals surface area contributed by atoms with E-state index in [1.165, 1.54) is 0 Å². The molecule has 116 valence electrons. The number of hydrogen-bond donors (Lipinski definition) is 1. The number of rotatable bonds is 5. The van der Waals surface area contributed by atoms with Gasteiger partial charge in [0, 0.05) is 5.56 Å². The Morgan fingerprint density at radius 3 is 2.22 bits per heavy atom. The smallest absolute Gasteiger partial charge is 0.339 e. The Morgan fingerprint density at radius 1 is 1.04 bits per heavy atom. The number of aromatic nitrogens is 2. The summed E-state index contributed by atoms with van der Waals surface area (Å²) in [4.78, 5) is 11.8. The van der Waals surface area contributed by atoms with Gasteiger partial charge < -0.3 is 5.11 Å². The molecule has 0 aliphatic rings. The molecule has 2 aromatic carbocycles. The summed E-state index contributed by atoms with van der Waals surface area (Å²) < 4.78 is 1.80. The largest absolute Gasteiger partial charge is 0.478 e. The lowest BCUT2D eigenvalue weighted by Crippen LogP contribution is -2.06. The number of aromatic carboxylic acids is 1. The van der Waals surface area contributed by atoms with Gasteiger partial charge in [0.1, 0.15) is 5.56 Å². The van der Waals surface area contributed by atoms with E-state index < -0.39 is 5.97 Å². The molecule has 0 radical (unpaired) electrons. The van der Waals surface area contributed by atoms with E-state index in [9.17, 15) is 9.90 Å². The van der Waals surface area contributed by atoms with E-state index in [0.29, 0.717) is 29.9 Å². The second kappa shape index (κ2) is 6.48. The first kappa shape index (κ1) is 15.0. The highest BCUT2D eigenvalue weighted by Crippen LogP contribution is 2.27. The van der Waals surface area contributed by atoms with Crippen LogP contribution in [0.5, 0.6) is 0 Å². The Labute approximate surface area is 135 Å². The zero-order valence-electron chi connectivity index (χ0n) is 12.9. The Bertz CT molecular complexity index is 808. The van der Waals surface area contributed by atoms with Gasteiger partial charge in [-0.25, -0.2) is 4.79 Å². The van der Waals surface area contributed by atoms with E-state index in [0.717, 1.165) is 11.1 Å². The standard InChI is InChI=1S/C19H18N2O2/c1-2-16-17(19(22)23)18(15-11-7-4-8-12-15)21(20-16)13-14-9-5-3-6-10-14/h3-12H,2,13H2,1H3,(H,22,23). The highest BCUT2D eigenvalue weighted by Gasteiger charge is 2.23. The van der Waals surface area contributed by atoms with Gasteiger partial charge >= 0.3 is 5.97 Å². The van der Waals surface area contributed by atoms with Crippen LogP contribution in [0.25, 0.3) is 11.3 Å². The van der Waals surface area contributed by atoms with Crippen LogP contribution in [0.1, 0.15) is 28.5 Å². The molecule has 0 aliphatic carbocycles. The third-order valence-corrected chi connectivity index (χ3v) is 3.80. The molecule has 3 aromatic rings. The van der Waals surface area contributed by atoms with Gasteiger partial charge in [0.05, 0.1) is 17.9 Å². The minimum atomic E-state index is -0.931. The van der Waals surface area contributed by atoms with Crippen LogP contribution in [0.3, 0.4) is 0 Å². The fourth-order valence-corrected chi connectivity index (χ4v) is 2.74. The molecule has 0 saturated carbocycles. The van der Waals surface area contributed by atoms with E-state index in [4.69, 9.17) is 0 Å². The molecule has 0 bridgehead atoms. The number of carboxylic acid groups (broad SMARTS) is 1. The van der Waals surface area contributed by atoms with Crippen LogP contribution in [0.15, 0.2) is 60.7 Å². The quantitative estimate of drug-likeness (QED) is 0.778. The van der Waals surface area contributed by atoms with Gasteiger partial charge in [-0.1, -0.05) is 67.6 Å². The maximum atomic E-state index is 11.8. The van der Waals surface area contributed by atoms with Crippen LogP contribution in [0.2, 0.25) is 0 Å². The number of carbonyl (C=O) groups is 1. The summed E-state index contributed by atoms with van der Waals surface area (Å²) in [5, 5.41) is 14.2. The summed E-state index contributed by atoms with van der Waals surface area (Å²) in [6.45, 7) is 2.47. The van der Waals surface area contributed by atoms with Crippen LogP contribution >= 0.6 is 0 Å². The predicted octanol–water partition coefficient (Wildman–Crippen LogP) is 3.86. The zero-order valence-corrected chi connectivity index (χ0v) is 12.9. The number of nitrogens with zero attached hydrogens (tertiary/aromatic N) is 2. The Morgan fingerprint density at radius 2 is 1.65 bits per heavy atom. The van der Waals surface area contributed by atoms with Crippen molar-refractivity contribution < 1.29 is 9.90 Å². The van der Waals surface area contributed by atoms with Crippen LogP contribution in [-0.4, -0.2) is 20.9 Å². The van der Waals surface area contributed by atoms with Gasteiger partial charge in [-0.15, -0.1) is 0 Å². The number of benzene rings is 2. The predicted molar refractivity (Wildman–Crippen MR) is 89.5 cm³/mol. The lowest BCUT2D eigenvalue weighted by Gasteiger charge is -2.09. The highest BCUT2D eigenvalue weighted by atomic mass is 16.4. The highest BCUT2D eigenvalue weighted by molar-refractivity contribution is 5.96. The average molecular weight is 306 g/mol. The van der Waals surface area contributed by atoms with Crippen LogP contribution in [0, 0.1) is 0 Å². The number of hydrogen-bond acceptors (Lipinski definition) is 2. The molecule has 0 spiro atoms. The van der Waals surface area contributed by atoms with Gasteiger partial charge in [-0.3, -0.25) is 4.68 Å². The molecule has 0 atom stereocenters. The molecule has 3 rings (SSSR count). The molecular formula is C19H18N2O2. The fraction of sp³-hybridized carbons (Fsp3) is 0.158. The minimum absolute atomic E-state index is 0.301. The van der Waals surface area contributed by atoms with Crippen molar-refractivity contribution in [3.63, 3.8) is 0 Å². The Hall–Kier alpha value is -2.88. The minimum Gasteiger partial charge on any atom is -0.478 e. The molecule has 1 N–H and O–H groups in total. The van der Waals surface area contributed by atoms with Gasteiger partial charge in [0.2, 0.25) is 0 Å². The van der Waals surface area contributed by atoms with Crippen molar-refractivity contribution in [3.05, 3.63) is 77.5 Å². The van der Waals surface area contributed by atoms with Gasteiger partial charge in [-0.05, 0) is 12.0 Å². The van der Waals surface area contributed by atoms with Crippen molar-refractivity contribution in [1.29, 1.82) is 0 Å². The topological polar surface area (TPSA) is 55.1 Å². The van der Waals surface area contributed by atoms with Gasteiger partial charge in [0.15, 0.2) is 0 Å². The average Bonchev–Trinajstić information content (AvgIpc) is 2.95. The number of aryl methyl sites for hydroxylation is 1. The van der Waals surface area contributed by atoms with Gasteiger partial charge in [-0.2, -0.15) is 5.10 Å². The fourth-order valence-electron chi connectivity index (χ4n) is 2.74. The molecule has 0 unspecified atom stereocenters. The summed E-state index contributed by atoms with van der Waals surface area (Å²) in [5.41, 5.74) is 3.54. The van der Waals surface area contributed by atoms with E-state index in [1.807, 2.05) is 67.6 Å². The van der Waals surface area contributed by atoms with Crippen LogP contribution in [-0.2, 0) is 13.0 Å². The first-order chi connectivity index (χ1) is 11.2. The van der Waals surface area contributed by atoms with E-state index in [1.54, 1.807) is 4.68 Å². The summed E-state index contributed by atoms with van der Waals surface area (Å²) in [6, 6.07) is 19.5. The van der Waals surface area contributed by atoms with Gasteiger partial charge in [0.25, 0.3) is 0 Å². The molecule has 1 aromatic heterocycles. The Balaban J connectivity index is 2.17. The van der Waals surface area contributed by atoms with E-state index in [2.05, 4.69) is 5.10 Å². The van der Waals surface area contributed by atoms with Crippen molar-refractivity contribution in [1.82, 2.24) is 9.78 Å². The van der Waals surface area contributed by atoms with Crippen molar-refractivity contribution in [3.8, 4) is 11.3 Å². The lowest BCUT2D eigenvalue weighted by molar-refractivity contribution is 0.0696. The maximum Gasteiger partial charge on any atom is 0.339 e. The van der Waals surface area contributed by atoms with Crippen LogP contribution < -0.4 is 0 Å². The molecular weight excluding hydrogens is 288 g/mol. The normalized spacial score (nSPS) is 10.7. The maximum absolute atomic E-state index is 11.8. The molecule has 0 saturated heterocycles. The monoisotopic (exact) mass is 306 g/mol. The SMILES string of the molecule is CCc1nn(Cc2ccccc2)c(-c2ccccc2)c1C(=O)O.